The summed E-state index contributed by atoms with van der Waals surface area (Å²) in [6, 6.07) is 111. The maximum absolute atomic E-state index is 2.35. The lowest BCUT2D eigenvalue weighted by Gasteiger charge is -2.33. The lowest BCUT2D eigenvalue weighted by Crippen LogP contribution is -2.28. The molecular weight excluding hydrogens is 1030 g/mol. The van der Waals surface area contributed by atoms with Crippen molar-refractivity contribution in [3.63, 3.8) is 0 Å². The lowest BCUT2D eigenvalue weighted by atomic mass is 9.68. The minimum atomic E-state index is -0.254. The Morgan fingerprint density at radius 2 is 0.384 bits per heavy atom. The second kappa shape index (κ2) is 23.2. The van der Waals surface area contributed by atoms with Gasteiger partial charge < -0.3 is 0 Å². The van der Waals surface area contributed by atoms with Gasteiger partial charge in [-0.3, -0.25) is 0 Å². The van der Waals surface area contributed by atoms with Gasteiger partial charge in [0.15, 0.2) is 0 Å². The molecule has 12 aromatic carbocycles. The van der Waals surface area contributed by atoms with E-state index in [0.29, 0.717) is 5.41 Å². The first-order chi connectivity index (χ1) is 40.5. The Bertz CT molecular complexity index is 3880. The zero-order valence-corrected chi connectivity index (χ0v) is 46.7. The molecule has 86 heavy (non-hydrogen) atoms. The molecule has 0 saturated heterocycles. The van der Waals surface area contributed by atoms with E-state index in [1.807, 2.05) is 0 Å². The van der Waals surface area contributed by atoms with Crippen molar-refractivity contribution < 1.29 is 0 Å². The third-order valence-electron chi connectivity index (χ3n) is 19.4. The molecule has 0 N–H and O–H groups in total. The maximum atomic E-state index is 2.35. The molecule has 2 spiro atoms. The van der Waals surface area contributed by atoms with Gasteiger partial charge in [0.2, 0.25) is 0 Å². The third kappa shape index (κ3) is 8.55. The smallest absolute Gasteiger partial charge is 0.0725 e. The molecule has 0 bridgehead atoms. The van der Waals surface area contributed by atoms with Crippen molar-refractivity contribution >= 4 is 0 Å². The fraction of sp³-hybridized carbons (Fsp3) is 0.163. The Morgan fingerprint density at radius 3 is 0.651 bits per heavy atom. The number of benzene rings is 12. The molecule has 0 amide bonds. The molecule has 0 heteroatoms. The van der Waals surface area contributed by atoms with Gasteiger partial charge in [0, 0.05) is 10.8 Å². The van der Waals surface area contributed by atoms with Gasteiger partial charge in [-0.05, 0) is 135 Å². The molecule has 1 saturated carbocycles. The van der Waals surface area contributed by atoms with Crippen LogP contribution in [0.3, 0.4) is 0 Å². The molecule has 0 atom stereocenters. The average Bonchev–Trinajstić information content (AvgIpc) is 1.56. The van der Waals surface area contributed by atoms with E-state index in [1.165, 1.54) is 137 Å². The summed E-state index contributed by atoms with van der Waals surface area (Å²) in [6.45, 7) is 4.61. The Kier molecular flexibility index (Phi) is 15.8. The van der Waals surface area contributed by atoms with Crippen molar-refractivity contribution in [1.29, 1.82) is 0 Å². The zero-order valence-electron chi connectivity index (χ0n) is 46.7. The predicted molar refractivity (Wildman–Crippen MR) is 369 cm³/mol. The molecule has 0 heterocycles. The standard InChI is InChI=1S/C25H16.C25H18.C17H16.C15H14.4CH4/c1-5-13-21-17(9-1)18-10-2-6-14-22(18)25(21)23-15-7-3-11-19(23)20-12-4-8-16-24(20)25;1-3-11-19(12-4-1)25(20-13-5-2-6-14-20)23-17-9-7-15-21(23)22-16-8-10-18-24(22)25;1-3-9-15-13(7-1)14-8-2-4-10-16(14)17(15)11-5-6-12-17;1-15(2)13-9-5-3-7-11(13)12-8-4-6-10-14(12)15;;;;/h1-16H;1-18H;1-4,7-10H,5-6,11-12H2;3-10H,1-2H3;4*1H4. The van der Waals surface area contributed by atoms with E-state index in [4.69, 9.17) is 0 Å². The molecule has 0 aromatic heterocycles. The predicted octanol–water partition coefficient (Wildman–Crippen LogP) is 23.1. The van der Waals surface area contributed by atoms with Crippen molar-refractivity contribution in [2.24, 2.45) is 0 Å². The normalized spacial score (nSPS) is 14.9. The Labute approximate surface area is 513 Å². The SMILES string of the molecule is C.C.C.C.CC1(C)c2ccccc2-c2ccccc21.c1ccc(C2(c3ccccc3)c3ccccc3-c3ccccc32)cc1.c1ccc2c(c1)-c1ccccc1C21CCCC1.c1ccc2c(c1)-c1ccccc1C21c2ccccc2-c2ccccc21. The summed E-state index contributed by atoms with van der Waals surface area (Å²) in [7, 11) is 0. The first-order valence-corrected chi connectivity index (χ1v) is 29.6. The van der Waals surface area contributed by atoms with Gasteiger partial charge in [-0.15, -0.1) is 0 Å². The van der Waals surface area contributed by atoms with Gasteiger partial charge >= 0.3 is 0 Å². The van der Waals surface area contributed by atoms with Crippen LogP contribution in [0.15, 0.2) is 303 Å². The summed E-state index contributed by atoms with van der Waals surface area (Å²) in [6.07, 6.45) is 5.42. The van der Waals surface area contributed by atoms with E-state index >= 15 is 0 Å². The van der Waals surface area contributed by atoms with Crippen molar-refractivity contribution in [2.75, 3.05) is 0 Å². The van der Waals surface area contributed by atoms with E-state index in [9.17, 15) is 0 Å². The summed E-state index contributed by atoms with van der Waals surface area (Å²) in [5.41, 5.74) is 31.1. The highest BCUT2D eigenvalue weighted by Gasteiger charge is 2.52. The van der Waals surface area contributed by atoms with Gasteiger partial charge in [-0.25, -0.2) is 0 Å². The second-order valence-corrected chi connectivity index (χ2v) is 23.6. The second-order valence-electron chi connectivity index (χ2n) is 23.6. The Balaban J connectivity index is 0.000000120. The maximum Gasteiger partial charge on any atom is 0.0725 e. The van der Waals surface area contributed by atoms with Crippen LogP contribution in [0.2, 0.25) is 0 Å². The summed E-state index contributed by atoms with van der Waals surface area (Å²) in [5, 5.41) is 0. The van der Waals surface area contributed by atoms with Crippen molar-refractivity contribution in [2.45, 2.75) is 90.9 Å². The largest absolute Gasteiger partial charge is 0.0776 e. The molecule has 18 rings (SSSR count). The van der Waals surface area contributed by atoms with Crippen LogP contribution in [-0.2, 0) is 21.7 Å². The number of hydrogen-bond donors (Lipinski definition) is 0. The summed E-state index contributed by atoms with van der Waals surface area (Å²) in [4.78, 5) is 0. The number of rotatable bonds is 2. The summed E-state index contributed by atoms with van der Waals surface area (Å²) >= 11 is 0. The Hall–Kier alpha value is -9.36. The lowest BCUT2D eigenvalue weighted by molar-refractivity contribution is 0.550. The third-order valence-corrected chi connectivity index (χ3v) is 19.4. The van der Waals surface area contributed by atoms with Crippen molar-refractivity contribution in [1.82, 2.24) is 0 Å². The fourth-order valence-electron chi connectivity index (χ4n) is 16.1. The van der Waals surface area contributed by atoms with Gasteiger partial charge in [0.05, 0.1) is 10.8 Å². The monoisotopic (exact) mass is 1110 g/mol. The van der Waals surface area contributed by atoms with Crippen LogP contribution >= 0.6 is 0 Å². The van der Waals surface area contributed by atoms with E-state index in [2.05, 4.69) is 317 Å². The molecule has 0 aliphatic heterocycles. The summed E-state index contributed by atoms with van der Waals surface area (Å²) < 4.78 is 0. The van der Waals surface area contributed by atoms with Gasteiger partial charge in [-0.2, -0.15) is 0 Å². The molecule has 0 unspecified atom stereocenters. The van der Waals surface area contributed by atoms with Crippen LogP contribution in [-0.4, -0.2) is 0 Å². The minimum absolute atomic E-state index is 0. The summed E-state index contributed by atoms with van der Waals surface area (Å²) in [5.74, 6) is 0. The van der Waals surface area contributed by atoms with Crippen LogP contribution in [0, 0.1) is 0 Å². The minimum Gasteiger partial charge on any atom is -0.0776 e. The molecular formula is C86H80. The van der Waals surface area contributed by atoms with Gasteiger partial charge in [-0.1, -0.05) is 360 Å². The molecule has 424 valence electrons. The van der Waals surface area contributed by atoms with Gasteiger partial charge in [0.1, 0.15) is 0 Å². The topological polar surface area (TPSA) is 0 Å². The highest BCUT2D eigenvalue weighted by atomic mass is 14.5. The van der Waals surface area contributed by atoms with E-state index in [0.717, 1.165) is 0 Å². The van der Waals surface area contributed by atoms with Crippen LogP contribution in [0.4, 0.5) is 0 Å². The molecule has 12 aromatic rings. The molecule has 1 fully saturated rings. The molecule has 6 aliphatic rings. The first kappa shape index (κ1) is 58.4. The Morgan fingerprint density at radius 1 is 0.198 bits per heavy atom. The van der Waals surface area contributed by atoms with E-state index in [1.54, 1.807) is 11.1 Å². The quantitative estimate of drug-likeness (QED) is 0.162. The first-order valence-electron chi connectivity index (χ1n) is 29.6. The molecule has 0 nitrogen and oxygen atoms in total. The van der Waals surface area contributed by atoms with Crippen molar-refractivity contribution in [3.05, 3.63) is 370 Å². The average molecular weight is 1110 g/mol. The van der Waals surface area contributed by atoms with Crippen LogP contribution in [0.25, 0.3) is 55.6 Å². The van der Waals surface area contributed by atoms with E-state index in [-0.39, 0.29) is 46.0 Å². The molecule has 0 radical (unpaired) electrons. The fourth-order valence-corrected chi connectivity index (χ4v) is 16.1. The number of hydrogen-bond acceptors (Lipinski definition) is 0. The molecule has 6 aliphatic carbocycles. The zero-order chi connectivity index (χ0) is 54.9. The van der Waals surface area contributed by atoms with Crippen LogP contribution in [0.5, 0.6) is 0 Å². The van der Waals surface area contributed by atoms with Crippen molar-refractivity contribution in [3.8, 4) is 55.6 Å². The van der Waals surface area contributed by atoms with Gasteiger partial charge in [0.25, 0.3) is 0 Å². The highest BCUT2D eigenvalue weighted by Crippen LogP contribution is 2.63. The highest BCUT2D eigenvalue weighted by molar-refractivity contribution is 5.95. The number of fused-ring (bicyclic) bond motifs is 21. The van der Waals surface area contributed by atoms with Crippen LogP contribution in [0.1, 0.15) is 136 Å². The van der Waals surface area contributed by atoms with Crippen LogP contribution < -0.4 is 0 Å². The van der Waals surface area contributed by atoms with E-state index < -0.39 is 0 Å².